The van der Waals surface area contributed by atoms with Crippen molar-refractivity contribution < 1.29 is 27.9 Å². The molecule has 0 saturated carbocycles. The van der Waals surface area contributed by atoms with Crippen LogP contribution in [0.3, 0.4) is 0 Å². The molecule has 216 valence electrons. The van der Waals surface area contributed by atoms with Crippen LogP contribution in [-0.2, 0) is 20.7 Å². The molecule has 0 aliphatic rings. The second kappa shape index (κ2) is 14.0. The van der Waals surface area contributed by atoms with Gasteiger partial charge in [-0.1, -0.05) is 91.0 Å². The lowest BCUT2D eigenvalue weighted by Gasteiger charge is -2.29. The number of hydrogen-bond donors (Lipinski definition) is 4. The molecule has 2 amide bonds. The average molecular weight is 587 g/mol. The van der Waals surface area contributed by atoms with Crippen molar-refractivity contribution >= 4 is 25.4 Å². The molecule has 0 heterocycles. The van der Waals surface area contributed by atoms with Gasteiger partial charge in [-0.25, -0.2) is 9.36 Å². The van der Waals surface area contributed by atoms with E-state index in [4.69, 9.17) is 24.9 Å². The maximum absolute atomic E-state index is 14.7. The minimum absolute atomic E-state index is 0.0250. The van der Waals surface area contributed by atoms with Crippen molar-refractivity contribution in [1.82, 2.24) is 10.6 Å². The summed E-state index contributed by atoms with van der Waals surface area (Å²) in [6.07, 6.45) is -0.798. The van der Waals surface area contributed by atoms with Crippen molar-refractivity contribution in [3.63, 3.8) is 0 Å². The minimum Gasteiger partial charge on any atom is -0.445 e. The SMILES string of the molecule is C[C@H](NC(=O)OCc1ccccc1)C(=O)NC(c1ccc(C(=N)N)cc1)P(=O)(Oc1ccccc1)Oc1ccccc1. The van der Waals surface area contributed by atoms with E-state index in [-0.39, 0.29) is 23.9 Å². The Morgan fingerprint density at radius 1 is 0.786 bits per heavy atom. The fraction of sp³-hybridized carbons (Fsp3) is 0.129. The Bertz CT molecular complexity index is 1490. The molecule has 1 unspecified atom stereocenters. The lowest BCUT2D eigenvalue weighted by Crippen LogP contribution is -2.46. The number of amides is 2. The quantitative estimate of drug-likeness (QED) is 0.0937. The van der Waals surface area contributed by atoms with Gasteiger partial charge in [0, 0.05) is 5.56 Å². The van der Waals surface area contributed by atoms with Gasteiger partial charge in [0.25, 0.3) is 0 Å². The van der Waals surface area contributed by atoms with Gasteiger partial charge in [0.15, 0.2) is 5.78 Å². The largest absolute Gasteiger partial charge is 0.457 e. The fourth-order valence-electron chi connectivity index (χ4n) is 3.84. The summed E-state index contributed by atoms with van der Waals surface area (Å²) in [5.74, 6) is -1.63. The maximum atomic E-state index is 14.7. The third-order valence-electron chi connectivity index (χ3n) is 6.02. The van der Waals surface area contributed by atoms with Crippen LogP contribution in [0.5, 0.6) is 11.5 Å². The third kappa shape index (κ3) is 8.22. The molecule has 4 rings (SSSR count). The van der Waals surface area contributed by atoms with E-state index in [1.807, 2.05) is 30.3 Å². The van der Waals surface area contributed by atoms with Crippen molar-refractivity contribution in [3.05, 3.63) is 132 Å². The summed E-state index contributed by atoms with van der Waals surface area (Å²) in [7, 11) is -4.28. The number of ether oxygens (including phenoxy) is 1. The van der Waals surface area contributed by atoms with Crippen molar-refractivity contribution in [2.45, 2.75) is 25.4 Å². The molecule has 5 N–H and O–H groups in total. The zero-order valence-corrected chi connectivity index (χ0v) is 23.7. The number of carbonyl (C=O) groups is 2. The van der Waals surface area contributed by atoms with Crippen LogP contribution < -0.4 is 25.4 Å². The van der Waals surface area contributed by atoms with Crippen LogP contribution >= 0.6 is 7.60 Å². The molecule has 4 aromatic carbocycles. The van der Waals surface area contributed by atoms with Crippen LogP contribution in [0.2, 0.25) is 0 Å². The predicted octanol–water partition coefficient (Wildman–Crippen LogP) is 5.75. The van der Waals surface area contributed by atoms with Crippen LogP contribution in [0.15, 0.2) is 115 Å². The molecule has 0 aliphatic heterocycles. The van der Waals surface area contributed by atoms with Gasteiger partial charge in [-0.3, -0.25) is 10.2 Å². The highest BCUT2D eigenvalue weighted by Crippen LogP contribution is 2.59. The lowest BCUT2D eigenvalue weighted by atomic mass is 10.1. The zero-order valence-electron chi connectivity index (χ0n) is 22.8. The molecule has 4 aromatic rings. The van der Waals surface area contributed by atoms with Gasteiger partial charge < -0.3 is 30.2 Å². The average Bonchev–Trinajstić information content (AvgIpc) is 3.00. The van der Waals surface area contributed by atoms with Crippen LogP contribution in [0.1, 0.15) is 29.4 Å². The summed E-state index contributed by atoms with van der Waals surface area (Å²) < 4.78 is 31.9. The molecule has 0 fully saturated rings. The summed E-state index contributed by atoms with van der Waals surface area (Å²) in [6, 6.07) is 31.2. The first kappa shape index (κ1) is 29.9. The highest BCUT2D eigenvalue weighted by molar-refractivity contribution is 7.55. The van der Waals surface area contributed by atoms with E-state index < -0.39 is 31.4 Å². The molecule has 0 aromatic heterocycles. The molecular weight excluding hydrogens is 555 g/mol. The summed E-state index contributed by atoms with van der Waals surface area (Å²) in [5, 5.41) is 12.9. The van der Waals surface area contributed by atoms with E-state index >= 15 is 0 Å². The van der Waals surface area contributed by atoms with E-state index in [1.165, 1.54) is 6.92 Å². The fourth-order valence-corrected chi connectivity index (χ4v) is 5.74. The number of carbonyl (C=O) groups excluding carboxylic acids is 2. The van der Waals surface area contributed by atoms with Gasteiger partial charge in [0.05, 0.1) is 0 Å². The van der Waals surface area contributed by atoms with Gasteiger partial charge in [0.2, 0.25) is 5.91 Å². The summed E-state index contributed by atoms with van der Waals surface area (Å²) in [4.78, 5) is 25.8. The monoisotopic (exact) mass is 586 g/mol. The van der Waals surface area contributed by atoms with E-state index in [1.54, 1.807) is 84.9 Å². The number of para-hydroxylation sites is 2. The normalized spacial score (nSPS) is 12.3. The van der Waals surface area contributed by atoms with Crippen molar-refractivity contribution in [2.75, 3.05) is 0 Å². The van der Waals surface area contributed by atoms with E-state index in [2.05, 4.69) is 10.6 Å². The molecule has 0 spiro atoms. The number of amidine groups is 1. The second-order valence-electron chi connectivity index (χ2n) is 9.22. The molecule has 0 saturated heterocycles. The van der Waals surface area contributed by atoms with Crippen molar-refractivity contribution in [2.24, 2.45) is 5.73 Å². The highest BCUT2D eigenvalue weighted by atomic mass is 31.2. The van der Waals surface area contributed by atoms with Gasteiger partial charge in [-0.05, 0) is 42.3 Å². The second-order valence-corrected chi connectivity index (χ2v) is 11.2. The number of benzene rings is 4. The standard InChI is InChI=1S/C31H31N4O6P/c1-22(34-31(37)39-21-23-11-5-2-6-12-23)29(36)35-30(25-19-17-24(18-20-25)28(32)33)42(38,40-26-13-7-3-8-14-26)41-27-15-9-4-10-16-27/h2-20,22,30H,21H2,1H3,(H3,32,33)(H,34,37)(H,35,36)/t22-,30?/m0/s1. The van der Waals surface area contributed by atoms with Gasteiger partial charge in [-0.15, -0.1) is 0 Å². The first-order valence-corrected chi connectivity index (χ1v) is 14.7. The van der Waals surface area contributed by atoms with Crippen molar-refractivity contribution in [3.8, 4) is 11.5 Å². The molecular formula is C31H31N4O6P. The molecule has 2 atom stereocenters. The lowest BCUT2D eigenvalue weighted by molar-refractivity contribution is -0.123. The van der Waals surface area contributed by atoms with Crippen LogP contribution in [0.25, 0.3) is 0 Å². The number of nitrogens with one attached hydrogen (secondary N) is 3. The maximum Gasteiger partial charge on any atom is 0.457 e. The Morgan fingerprint density at radius 3 is 1.79 bits per heavy atom. The Balaban J connectivity index is 1.61. The first-order valence-electron chi connectivity index (χ1n) is 13.0. The summed E-state index contributed by atoms with van der Waals surface area (Å²) >= 11 is 0. The van der Waals surface area contributed by atoms with Crippen LogP contribution in [0.4, 0.5) is 4.79 Å². The molecule has 0 radical (unpaired) electrons. The summed E-state index contributed by atoms with van der Waals surface area (Å²) in [6.45, 7) is 1.49. The Kier molecular flexibility index (Phi) is 9.97. The smallest absolute Gasteiger partial charge is 0.445 e. The van der Waals surface area contributed by atoms with Gasteiger partial charge >= 0.3 is 13.7 Å². The Labute approximate surface area is 243 Å². The molecule has 10 nitrogen and oxygen atoms in total. The number of rotatable bonds is 12. The third-order valence-corrected chi connectivity index (χ3v) is 8.02. The van der Waals surface area contributed by atoms with Gasteiger partial charge in [-0.2, -0.15) is 0 Å². The number of hydrogen-bond acceptors (Lipinski definition) is 7. The zero-order chi connectivity index (χ0) is 30.0. The molecule has 0 bridgehead atoms. The van der Waals surface area contributed by atoms with E-state index in [0.717, 1.165) is 5.56 Å². The number of nitrogens with two attached hydrogens (primary N) is 1. The highest BCUT2D eigenvalue weighted by Gasteiger charge is 2.42. The molecule has 11 heteroatoms. The Hall–Kier alpha value is -5.08. The minimum atomic E-state index is -4.28. The number of nitrogen functional groups attached to an aromatic ring is 1. The predicted molar refractivity (Wildman–Crippen MR) is 159 cm³/mol. The summed E-state index contributed by atoms with van der Waals surface area (Å²) in [5.41, 5.74) is 7.20. The van der Waals surface area contributed by atoms with Crippen LogP contribution in [0, 0.1) is 5.41 Å². The molecule has 42 heavy (non-hydrogen) atoms. The van der Waals surface area contributed by atoms with Crippen LogP contribution in [-0.4, -0.2) is 23.9 Å². The first-order chi connectivity index (χ1) is 20.2. The topological polar surface area (TPSA) is 153 Å². The van der Waals surface area contributed by atoms with E-state index in [0.29, 0.717) is 11.1 Å². The molecule has 0 aliphatic carbocycles. The Morgan fingerprint density at radius 2 is 1.29 bits per heavy atom. The van der Waals surface area contributed by atoms with E-state index in [9.17, 15) is 14.2 Å². The number of alkyl carbamates (subject to hydrolysis) is 1. The van der Waals surface area contributed by atoms with Crippen molar-refractivity contribution in [1.29, 1.82) is 5.41 Å². The van der Waals surface area contributed by atoms with Gasteiger partial charge in [0.1, 0.15) is 30.0 Å².